The molecule has 0 unspecified atom stereocenters. The first-order valence-corrected chi connectivity index (χ1v) is 37.6. The zero-order valence-corrected chi connectivity index (χ0v) is 51.9. The van der Waals surface area contributed by atoms with E-state index < -0.39 is 33.6 Å². The van der Waals surface area contributed by atoms with Crippen molar-refractivity contribution in [1.29, 1.82) is 0 Å². The van der Waals surface area contributed by atoms with Crippen LogP contribution in [-0.4, -0.2) is 47.7 Å². The summed E-state index contributed by atoms with van der Waals surface area (Å²) in [6, 6.07) is 46.4. The van der Waals surface area contributed by atoms with Crippen molar-refractivity contribution >= 4 is 68.0 Å². The van der Waals surface area contributed by atoms with Crippen molar-refractivity contribution in [3.05, 3.63) is 171 Å². The van der Waals surface area contributed by atoms with E-state index in [1.165, 1.54) is 37.9 Å². The Hall–Kier alpha value is -3.58. The largest absolute Gasteiger partial charge is 0.378 e. The zero-order valence-electron chi connectivity index (χ0n) is 46.7. The van der Waals surface area contributed by atoms with Crippen molar-refractivity contribution in [2.24, 2.45) is 0 Å². The van der Waals surface area contributed by atoms with Crippen LogP contribution >= 0.6 is 0 Å². The van der Waals surface area contributed by atoms with Gasteiger partial charge in [0, 0.05) is 19.8 Å². The van der Waals surface area contributed by atoms with E-state index in [1.807, 2.05) is 8.79 Å². The van der Waals surface area contributed by atoms with E-state index in [2.05, 4.69) is 265 Å². The monoisotopic (exact) mass is 1060 g/mol. The molecule has 0 aliphatic rings. The fraction of sp³-hybridized carbons (Fsp3) is 0.446. The van der Waals surface area contributed by atoms with E-state index in [4.69, 9.17) is 0 Å². The molecule has 0 N–H and O–H groups in total. The summed E-state index contributed by atoms with van der Waals surface area (Å²) in [7, 11) is 3.25. The molecule has 0 atom stereocenters. The Balaban J connectivity index is 0.000000333. The van der Waals surface area contributed by atoms with Crippen LogP contribution in [0, 0.1) is 0 Å². The molecule has 6 aromatic carbocycles. The Morgan fingerprint density at radius 3 is 0.942 bits per heavy atom. The van der Waals surface area contributed by atoms with Crippen molar-refractivity contribution in [2.75, 3.05) is 19.0 Å². The van der Waals surface area contributed by atoms with Crippen molar-refractivity contribution < 1.29 is 0 Å². The third-order valence-corrected chi connectivity index (χ3v) is 34.4. The van der Waals surface area contributed by atoms with Crippen LogP contribution in [0.3, 0.4) is 0 Å². The molecule has 0 heterocycles. The molecule has 0 bridgehead atoms. The SMILES string of the molecule is CC(C)c1cc(C(C)C)[c]([Ge]=[Ge]([c]2c(C(C)C)cc(C(C)C)cc2C(C)C)[c]2c(C(C)C)cc(C(C)C)cc2C(C)C)c(C(C)C)c1.CN(C)c1ccccc1[Si](c1ccccc1)c1ccccc1. The Kier molecular flexibility index (Phi) is 20.6. The summed E-state index contributed by atoms with van der Waals surface area (Å²) in [4.78, 5) is 2.21. The summed E-state index contributed by atoms with van der Waals surface area (Å²) in [5, 5.41) is 4.29. The first-order chi connectivity index (χ1) is 32.5. The number of hydrogen-bond donors (Lipinski definition) is 0. The number of anilines is 1. The standard InChI is InChI=1S/C45H69Ge2.C20H20NSi/c1-25(2)34-19-37(28(7)8)43(38(20-34)29(9)10)46-47(44-39(30(11)12)21-35(26(3)4)22-40(44)31(13)14)45-41(32(15)16)23-36(27(5)6)24-42(45)33(17)18;1-21(2)19-15-9-10-16-20(19)22(17-11-5-3-6-12-17)18-13-7-4-8-14-18/h19-33H,1-18H3;3-16H,1-2H3. The number of hydrogen-bond acceptors (Lipinski definition) is 1. The van der Waals surface area contributed by atoms with E-state index in [1.54, 1.807) is 37.8 Å². The van der Waals surface area contributed by atoms with Gasteiger partial charge in [0.1, 0.15) is 0 Å². The van der Waals surface area contributed by atoms with Crippen molar-refractivity contribution in [2.45, 2.75) is 178 Å². The average molecular weight is 1060 g/mol. The second-order valence-electron chi connectivity index (χ2n) is 22.6. The number of benzene rings is 6. The van der Waals surface area contributed by atoms with Gasteiger partial charge in [0.15, 0.2) is 8.80 Å². The van der Waals surface area contributed by atoms with Crippen LogP contribution in [0.5, 0.6) is 0 Å². The van der Waals surface area contributed by atoms with Gasteiger partial charge in [0.05, 0.1) is 0 Å². The van der Waals surface area contributed by atoms with Gasteiger partial charge in [-0.15, -0.1) is 0 Å². The van der Waals surface area contributed by atoms with E-state index >= 15 is 0 Å². The fourth-order valence-electron chi connectivity index (χ4n) is 9.73. The Morgan fingerprint density at radius 2 is 0.652 bits per heavy atom. The topological polar surface area (TPSA) is 3.24 Å². The van der Waals surface area contributed by atoms with Crippen LogP contribution in [0.1, 0.15) is 228 Å². The third-order valence-electron chi connectivity index (χ3n) is 13.9. The van der Waals surface area contributed by atoms with Gasteiger partial charge in [-0.05, 0) is 11.3 Å². The molecular formula is C65H89Ge2NSi. The molecule has 2 radical (unpaired) electrons. The second kappa shape index (κ2) is 25.2. The molecule has 0 aliphatic carbocycles. The molecule has 0 aromatic heterocycles. The maximum Gasteiger partial charge on any atom is 0.157 e. The van der Waals surface area contributed by atoms with Crippen LogP contribution in [0.25, 0.3) is 0 Å². The molecule has 6 rings (SSSR count). The van der Waals surface area contributed by atoms with Gasteiger partial charge in [-0.1, -0.05) is 89.2 Å². The predicted octanol–water partition coefficient (Wildman–Crippen LogP) is 14.2. The van der Waals surface area contributed by atoms with E-state index in [9.17, 15) is 0 Å². The quantitative estimate of drug-likeness (QED) is 0.0690. The smallest absolute Gasteiger partial charge is 0.157 e. The molecule has 0 aliphatic heterocycles. The molecule has 69 heavy (non-hydrogen) atoms. The Bertz CT molecular complexity index is 2420. The maximum absolute atomic E-state index is 2.65. The van der Waals surface area contributed by atoms with Crippen molar-refractivity contribution in [1.82, 2.24) is 0 Å². The van der Waals surface area contributed by atoms with Gasteiger partial charge in [-0.3, -0.25) is 0 Å². The van der Waals surface area contributed by atoms with Gasteiger partial charge in [0.2, 0.25) is 0 Å². The molecule has 0 saturated carbocycles. The first-order valence-electron chi connectivity index (χ1n) is 26.5. The predicted molar refractivity (Wildman–Crippen MR) is 315 cm³/mol. The minimum absolute atomic E-state index is 0.498. The molecule has 0 fully saturated rings. The van der Waals surface area contributed by atoms with Gasteiger partial charge >= 0.3 is 302 Å². The molecule has 0 saturated heterocycles. The summed E-state index contributed by atoms with van der Waals surface area (Å²) in [6.45, 7) is 43.8. The summed E-state index contributed by atoms with van der Waals surface area (Å²) in [5.41, 5.74) is 15.8. The van der Waals surface area contributed by atoms with Crippen molar-refractivity contribution in [3.8, 4) is 0 Å². The summed E-state index contributed by atoms with van der Waals surface area (Å²) >= 11 is -2.64. The average Bonchev–Trinajstić information content (AvgIpc) is 3.30. The molecule has 1 nitrogen and oxygen atoms in total. The molecule has 4 heteroatoms. The Morgan fingerprint density at radius 1 is 0.362 bits per heavy atom. The number of rotatable bonds is 16. The number of nitrogens with zero attached hydrogens (tertiary/aromatic N) is 1. The summed E-state index contributed by atoms with van der Waals surface area (Å²) < 4.78 is 5.46. The van der Waals surface area contributed by atoms with Gasteiger partial charge in [-0.25, -0.2) is 0 Å². The fourth-order valence-corrected chi connectivity index (χ4v) is 36.6. The molecule has 0 spiro atoms. The van der Waals surface area contributed by atoms with Gasteiger partial charge in [-0.2, -0.15) is 0 Å². The van der Waals surface area contributed by atoms with Crippen LogP contribution in [0.4, 0.5) is 5.69 Å². The molecule has 366 valence electrons. The summed E-state index contributed by atoms with van der Waals surface area (Å²) in [6.07, 6.45) is 0. The van der Waals surface area contributed by atoms with Crippen molar-refractivity contribution in [3.63, 3.8) is 0 Å². The zero-order chi connectivity index (χ0) is 51.0. The normalized spacial score (nSPS) is 11.9. The second-order valence-corrected chi connectivity index (χ2v) is 38.5. The van der Waals surface area contributed by atoms with Gasteiger partial charge in [0.25, 0.3) is 0 Å². The third kappa shape index (κ3) is 13.7. The molecular weight excluding hydrogens is 968 g/mol. The van der Waals surface area contributed by atoms with Crippen LogP contribution in [0.15, 0.2) is 121 Å². The van der Waals surface area contributed by atoms with Crippen LogP contribution in [-0.2, 0) is 0 Å². The Labute approximate surface area is 433 Å². The van der Waals surface area contributed by atoms with Gasteiger partial charge < -0.3 is 4.90 Å². The van der Waals surface area contributed by atoms with Crippen LogP contribution in [0.2, 0.25) is 0 Å². The van der Waals surface area contributed by atoms with E-state index in [0.717, 1.165) is 0 Å². The molecule has 0 amide bonds. The summed E-state index contributed by atoms with van der Waals surface area (Å²) in [5.74, 6) is 4.69. The first kappa shape index (κ1) is 56.3. The maximum atomic E-state index is 2.65. The minimum Gasteiger partial charge on any atom is -0.378 e. The van der Waals surface area contributed by atoms with E-state index in [-0.39, 0.29) is 0 Å². The van der Waals surface area contributed by atoms with E-state index in [0.29, 0.717) is 53.3 Å². The number of para-hydroxylation sites is 1. The molecule has 6 aromatic rings. The van der Waals surface area contributed by atoms with Crippen LogP contribution < -0.4 is 33.6 Å². The minimum atomic E-state index is -2.14.